The van der Waals surface area contributed by atoms with Gasteiger partial charge < -0.3 is 20.4 Å². The van der Waals surface area contributed by atoms with Crippen molar-refractivity contribution >= 4 is 79.2 Å². The zero-order valence-corrected chi connectivity index (χ0v) is 25.7. The third-order valence-electron chi connectivity index (χ3n) is 6.19. The van der Waals surface area contributed by atoms with Gasteiger partial charge in [0.2, 0.25) is 0 Å². The highest BCUT2D eigenvalue weighted by molar-refractivity contribution is 5.86. The summed E-state index contributed by atoms with van der Waals surface area (Å²) in [5.74, 6) is -4.38. The van der Waals surface area contributed by atoms with Crippen molar-refractivity contribution in [2.75, 3.05) is 72.0 Å². The number of aliphatic carboxylic acids is 4. The van der Waals surface area contributed by atoms with E-state index >= 15 is 0 Å². The summed E-state index contributed by atoms with van der Waals surface area (Å²) in [6.07, 6.45) is 0.249. The van der Waals surface area contributed by atoms with E-state index in [-0.39, 0.29) is 134 Å². The van der Waals surface area contributed by atoms with Crippen LogP contribution in [0.4, 0.5) is 5.69 Å². The molecule has 1 heterocycles. The van der Waals surface area contributed by atoms with Crippen LogP contribution in [-0.4, -0.2) is 147 Å². The van der Waals surface area contributed by atoms with Crippen LogP contribution in [0.1, 0.15) is 5.56 Å². The number of halogens is 4. The number of hydrogen-bond donors (Lipinski definition) is 4. The standard InChI is InChI=1S/C23H33N5O10.4ClH/c29-20(30)13-24-5-6-25(14-21(31)32)9-10-27(16-23(35)36)19(12-26(8-7-24)15-22(33)34)11-17-1-3-18(4-2-17)28(37)38;;;;/h1-4,19H,5-16H2,(H,29,30)(H,31,32)(H,33,34)(H,35,36);4*1H. The van der Waals surface area contributed by atoms with E-state index < -0.39 is 34.8 Å². The molecule has 0 spiro atoms. The summed E-state index contributed by atoms with van der Waals surface area (Å²) in [7, 11) is 0. The van der Waals surface area contributed by atoms with Gasteiger partial charge in [-0.1, -0.05) is 12.1 Å². The Kier molecular flexibility index (Phi) is 23.1. The normalized spacial score (nSPS) is 17.4. The SMILES string of the molecule is Cl.Cl.Cl.Cl.O=C(O)CN1CCN(CC(=O)O)CCN(CC(=O)O)C(Cc2ccc([N+](=O)[O-])cc2)CN(CC(=O)O)CC1. The average Bonchev–Trinajstić information content (AvgIpc) is 2.80. The molecule has 242 valence electrons. The molecule has 0 bridgehead atoms. The maximum atomic E-state index is 11.7. The molecule has 19 heteroatoms. The van der Waals surface area contributed by atoms with Crippen LogP contribution in [0.15, 0.2) is 24.3 Å². The third-order valence-corrected chi connectivity index (χ3v) is 6.19. The second-order valence-corrected chi connectivity index (χ2v) is 9.11. The molecule has 0 radical (unpaired) electrons. The first-order valence-corrected chi connectivity index (χ1v) is 11.9. The molecular weight excluding hydrogens is 648 g/mol. The largest absolute Gasteiger partial charge is 0.480 e. The minimum atomic E-state index is -1.12. The van der Waals surface area contributed by atoms with E-state index in [1.165, 1.54) is 12.1 Å². The number of carboxylic acid groups (broad SMARTS) is 4. The minimum absolute atomic E-state index is 0. The molecule has 1 fully saturated rings. The fraction of sp³-hybridized carbons (Fsp3) is 0.565. The lowest BCUT2D eigenvalue weighted by Gasteiger charge is -2.37. The molecule has 0 amide bonds. The first-order valence-electron chi connectivity index (χ1n) is 11.9. The molecule has 0 aliphatic carbocycles. The molecule has 15 nitrogen and oxygen atoms in total. The van der Waals surface area contributed by atoms with Crippen molar-refractivity contribution in [2.45, 2.75) is 12.5 Å². The highest BCUT2D eigenvalue weighted by Gasteiger charge is 2.27. The van der Waals surface area contributed by atoms with Gasteiger partial charge >= 0.3 is 23.9 Å². The summed E-state index contributed by atoms with van der Waals surface area (Å²) in [6.45, 7) is -0.102. The Labute approximate surface area is 267 Å². The van der Waals surface area contributed by atoms with E-state index in [0.29, 0.717) is 5.56 Å². The summed E-state index contributed by atoms with van der Waals surface area (Å²) >= 11 is 0. The molecule has 4 N–H and O–H groups in total. The van der Waals surface area contributed by atoms with Gasteiger partial charge in [-0.15, -0.1) is 49.6 Å². The number of nitro benzene ring substituents is 1. The lowest BCUT2D eigenvalue weighted by atomic mass is 10.0. The van der Waals surface area contributed by atoms with Crippen LogP contribution in [0, 0.1) is 10.1 Å². The average molecular weight is 685 g/mol. The molecule has 1 saturated heterocycles. The Morgan fingerprint density at radius 3 is 1.45 bits per heavy atom. The first-order chi connectivity index (χ1) is 17.9. The lowest BCUT2D eigenvalue weighted by molar-refractivity contribution is -0.384. The van der Waals surface area contributed by atoms with Gasteiger partial charge in [-0.3, -0.25) is 48.9 Å². The predicted octanol–water partition coefficient (Wildman–Crippen LogP) is 0.753. The Hall–Kier alpha value is -2.50. The van der Waals surface area contributed by atoms with Gasteiger partial charge in [0, 0.05) is 64.0 Å². The van der Waals surface area contributed by atoms with Gasteiger partial charge in [-0.05, 0) is 12.0 Å². The number of rotatable bonds is 11. The van der Waals surface area contributed by atoms with Crippen molar-refractivity contribution < 1.29 is 44.5 Å². The van der Waals surface area contributed by atoms with Crippen LogP contribution >= 0.6 is 49.6 Å². The summed E-state index contributed by atoms with van der Waals surface area (Å²) in [5.41, 5.74) is 0.568. The topological polar surface area (TPSA) is 205 Å². The van der Waals surface area contributed by atoms with Crippen LogP contribution in [-0.2, 0) is 25.6 Å². The van der Waals surface area contributed by atoms with Gasteiger partial charge in [0.05, 0.1) is 31.1 Å². The second-order valence-electron chi connectivity index (χ2n) is 9.11. The summed E-state index contributed by atoms with van der Waals surface area (Å²) in [5, 5.41) is 48.7. The Balaban J connectivity index is -0.00000380. The van der Waals surface area contributed by atoms with Crippen molar-refractivity contribution in [1.82, 2.24) is 19.6 Å². The lowest BCUT2D eigenvalue weighted by Crippen LogP contribution is -2.53. The number of carbonyl (C=O) groups is 4. The molecule has 1 unspecified atom stereocenters. The summed E-state index contributed by atoms with van der Waals surface area (Å²) in [6, 6.07) is 5.24. The van der Waals surface area contributed by atoms with Crippen molar-refractivity contribution in [3.8, 4) is 0 Å². The fourth-order valence-electron chi connectivity index (χ4n) is 4.38. The molecule has 0 saturated carbocycles. The van der Waals surface area contributed by atoms with Crippen molar-refractivity contribution in [3.63, 3.8) is 0 Å². The maximum absolute atomic E-state index is 11.7. The highest BCUT2D eigenvalue weighted by Crippen LogP contribution is 2.17. The Morgan fingerprint density at radius 2 is 1.05 bits per heavy atom. The predicted molar refractivity (Wildman–Crippen MR) is 161 cm³/mol. The molecular formula is C23H37Cl4N5O10. The van der Waals surface area contributed by atoms with Crippen molar-refractivity contribution in [3.05, 3.63) is 39.9 Å². The summed E-state index contributed by atoms with van der Waals surface area (Å²) < 4.78 is 0. The molecule has 0 aromatic heterocycles. The van der Waals surface area contributed by atoms with Gasteiger partial charge in [0.1, 0.15) is 0 Å². The van der Waals surface area contributed by atoms with Crippen molar-refractivity contribution in [1.29, 1.82) is 0 Å². The highest BCUT2D eigenvalue weighted by atomic mass is 35.5. The minimum Gasteiger partial charge on any atom is -0.480 e. The van der Waals surface area contributed by atoms with E-state index in [9.17, 15) is 49.7 Å². The quantitative estimate of drug-likeness (QED) is 0.188. The third kappa shape index (κ3) is 16.8. The first kappa shape index (κ1) is 43.9. The molecule has 1 aromatic rings. The molecule has 1 aliphatic rings. The van der Waals surface area contributed by atoms with E-state index in [1.807, 2.05) is 0 Å². The molecule has 42 heavy (non-hydrogen) atoms. The zero-order chi connectivity index (χ0) is 28.2. The molecule has 1 aliphatic heterocycles. The number of non-ortho nitro benzene ring substituents is 1. The number of carboxylic acids is 4. The van der Waals surface area contributed by atoms with Crippen LogP contribution < -0.4 is 0 Å². The Bertz CT molecular complexity index is 1010. The van der Waals surface area contributed by atoms with E-state index in [2.05, 4.69) is 0 Å². The second kappa shape index (κ2) is 22.1. The monoisotopic (exact) mass is 683 g/mol. The maximum Gasteiger partial charge on any atom is 0.317 e. The number of nitrogens with zero attached hydrogens (tertiary/aromatic N) is 5. The summed E-state index contributed by atoms with van der Waals surface area (Å²) in [4.78, 5) is 63.1. The number of nitro groups is 1. The van der Waals surface area contributed by atoms with E-state index in [4.69, 9.17) is 0 Å². The number of hydrogen-bond acceptors (Lipinski definition) is 10. The number of benzene rings is 1. The fourth-order valence-corrected chi connectivity index (χ4v) is 4.38. The van der Waals surface area contributed by atoms with Crippen molar-refractivity contribution in [2.24, 2.45) is 0 Å². The van der Waals surface area contributed by atoms with Crippen LogP contribution in [0.25, 0.3) is 0 Å². The molecule has 1 atom stereocenters. The van der Waals surface area contributed by atoms with E-state index in [1.54, 1.807) is 31.7 Å². The molecule has 2 rings (SSSR count). The van der Waals surface area contributed by atoms with Gasteiger partial charge in [0.25, 0.3) is 5.69 Å². The molecule has 1 aromatic carbocycles. The van der Waals surface area contributed by atoms with Crippen LogP contribution in [0.5, 0.6) is 0 Å². The smallest absolute Gasteiger partial charge is 0.317 e. The van der Waals surface area contributed by atoms with Gasteiger partial charge in [-0.2, -0.15) is 0 Å². The van der Waals surface area contributed by atoms with Gasteiger partial charge in [0.15, 0.2) is 0 Å². The van der Waals surface area contributed by atoms with Crippen LogP contribution in [0.3, 0.4) is 0 Å². The zero-order valence-electron chi connectivity index (χ0n) is 22.5. The van der Waals surface area contributed by atoms with Crippen LogP contribution in [0.2, 0.25) is 0 Å². The van der Waals surface area contributed by atoms with E-state index in [0.717, 1.165) is 0 Å². The van der Waals surface area contributed by atoms with Gasteiger partial charge in [-0.25, -0.2) is 0 Å². The Morgan fingerprint density at radius 1 is 0.667 bits per heavy atom.